The quantitative estimate of drug-likeness (QED) is 0.646. The van der Waals surface area contributed by atoms with Crippen LogP contribution in [0.5, 0.6) is 5.75 Å². The molecule has 1 atom stereocenters. The van der Waals surface area contributed by atoms with E-state index in [0.717, 1.165) is 68.4 Å². The molecule has 1 amide bonds. The number of aryl methyl sites for hydroxylation is 1. The number of carbonyl (C=O) groups excluding carboxylic acids is 1. The Labute approximate surface area is 194 Å². The summed E-state index contributed by atoms with van der Waals surface area (Å²) < 4.78 is 5.30. The molecule has 0 bridgehead atoms. The van der Waals surface area contributed by atoms with E-state index in [4.69, 9.17) is 14.7 Å². The molecule has 0 saturated carbocycles. The molecule has 2 aromatic heterocycles. The Hall–Kier alpha value is -3.42. The molecular formula is C25H30N6O2. The van der Waals surface area contributed by atoms with Gasteiger partial charge >= 0.3 is 0 Å². The number of anilines is 1. The minimum absolute atomic E-state index is 0.00647. The van der Waals surface area contributed by atoms with Crippen LogP contribution in [0.25, 0.3) is 0 Å². The Kier molecular flexibility index (Phi) is 5.98. The molecule has 2 aliphatic heterocycles. The van der Waals surface area contributed by atoms with Crippen molar-refractivity contribution in [2.75, 3.05) is 31.6 Å². The zero-order valence-corrected chi connectivity index (χ0v) is 19.3. The van der Waals surface area contributed by atoms with Crippen molar-refractivity contribution >= 4 is 11.7 Å². The Morgan fingerprint density at radius 1 is 1.15 bits per heavy atom. The number of piperidine rings is 1. The van der Waals surface area contributed by atoms with Gasteiger partial charge in [0.1, 0.15) is 23.1 Å². The Bertz CT molecular complexity index is 1110. The van der Waals surface area contributed by atoms with E-state index in [1.165, 1.54) is 11.1 Å². The molecule has 4 heterocycles. The number of methoxy groups -OCH3 is 1. The fraction of sp³-hybridized carbons (Fsp3) is 0.440. The van der Waals surface area contributed by atoms with Crippen molar-refractivity contribution in [3.63, 3.8) is 0 Å². The molecule has 8 heteroatoms. The number of ether oxygens (including phenoxy) is 1. The lowest BCUT2D eigenvalue weighted by molar-refractivity contribution is 0.0698. The van der Waals surface area contributed by atoms with Gasteiger partial charge in [-0.05, 0) is 56.4 Å². The van der Waals surface area contributed by atoms with E-state index in [2.05, 4.69) is 34.2 Å². The van der Waals surface area contributed by atoms with Gasteiger partial charge in [0, 0.05) is 49.6 Å². The molecule has 0 spiro atoms. The van der Waals surface area contributed by atoms with Crippen LogP contribution in [-0.2, 0) is 13.0 Å². The summed E-state index contributed by atoms with van der Waals surface area (Å²) in [5.41, 5.74) is 4.07. The minimum Gasteiger partial charge on any atom is -0.497 e. The van der Waals surface area contributed by atoms with Crippen LogP contribution in [0.2, 0.25) is 0 Å². The van der Waals surface area contributed by atoms with Crippen LogP contribution in [0, 0.1) is 6.92 Å². The molecule has 172 valence electrons. The molecule has 8 nitrogen and oxygen atoms in total. The van der Waals surface area contributed by atoms with Gasteiger partial charge in [-0.25, -0.2) is 9.97 Å². The third-order valence-electron chi connectivity index (χ3n) is 6.70. The summed E-state index contributed by atoms with van der Waals surface area (Å²) in [6, 6.07) is 9.96. The van der Waals surface area contributed by atoms with Gasteiger partial charge in [0.15, 0.2) is 0 Å². The third kappa shape index (κ3) is 4.42. The number of likely N-dealkylation sites (tertiary alicyclic amines) is 1. The number of rotatable bonds is 5. The summed E-state index contributed by atoms with van der Waals surface area (Å²) in [5, 5.41) is 6.71. The van der Waals surface area contributed by atoms with Crippen LogP contribution in [0.1, 0.15) is 58.3 Å². The topological polar surface area (TPSA) is 87.2 Å². The highest BCUT2D eigenvalue weighted by atomic mass is 16.5. The second kappa shape index (κ2) is 9.21. The number of amides is 1. The molecule has 0 unspecified atom stereocenters. The Morgan fingerprint density at radius 3 is 2.76 bits per heavy atom. The van der Waals surface area contributed by atoms with Crippen molar-refractivity contribution in [2.24, 2.45) is 0 Å². The van der Waals surface area contributed by atoms with E-state index in [9.17, 15) is 4.79 Å². The molecular weight excluding hydrogens is 416 g/mol. The molecule has 1 fully saturated rings. The monoisotopic (exact) mass is 446 g/mol. The second-order valence-electron chi connectivity index (χ2n) is 8.90. The third-order valence-corrected chi connectivity index (χ3v) is 6.70. The van der Waals surface area contributed by atoms with Crippen molar-refractivity contribution in [2.45, 2.75) is 45.1 Å². The zero-order chi connectivity index (χ0) is 22.8. The number of aromatic amines is 1. The molecule has 5 rings (SSSR count). The second-order valence-corrected chi connectivity index (χ2v) is 8.90. The van der Waals surface area contributed by atoms with Gasteiger partial charge in [0.2, 0.25) is 0 Å². The first-order valence-electron chi connectivity index (χ1n) is 11.7. The van der Waals surface area contributed by atoms with Crippen LogP contribution >= 0.6 is 0 Å². The fourth-order valence-electron chi connectivity index (χ4n) is 4.91. The van der Waals surface area contributed by atoms with Gasteiger partial charge < -0.3 is 14.5 Å². The largest absolute Gasteiger partial charge is 0.497 e. The number of H-pyrrole nitrogens is 1. The lowest BCUT2D eigenvalue weighted by Gasteiger charge is -2.34. The molecule has 1 aromatic carbocycles. The fourth-order valence-corrected chi connectivity index (χ4v) is 4.91. The van der Waals surface area contributed by atoms with Gasteiger partial charge in [-0.1, -0.05) is 12.1 Å². The average Bonchev–Trinajstić information content (AvgIpc) is 3.40. The van der Waals surface area contributed by atoms with Gasteiger partial charge in [-0.2, -0.15) is 5.10 Å². The van der Waals surface area contributed by atoms with E-state index in [1.807, 2.05) is 17.0 Å². The predicted octanol–water partition coefficient (Wildman–Crippen LogP) is 3.49. The Balaban J connectivity index is 1.38. The number of hydrogen-bond donors (Lipinski definition) is 1. The number of aromatic nitrogens is 4. The van der Waals surface area contributed by atoms with Crippen LogP contribution in [0.3, 0.4) is 0 Å². The first-order chi connectivity index (χ1) is 16.1. The number of carbonyl (C=O) groups is 1. The highest BCUT2D eigenvalue weighted by Gasteiger charge is 2.30. The first-order valence-corrected chi connectivity index (χ1v) is 11.7. The minimum atomic E-state index is -0.00647. The van der Waals surface area contributed by atoms with Crippen LogP contribution in [0.15, 0.2) is 36.5 Å². The van der Waals surface area contributed by atoms with Crippen molar-refractivity contribution in [1.82, 2.24) is 25.1 Å². The summed E-state index contributed by atoms with van der Waals surface area (Å²) in [4.78, 5) is 27.1. The van der Waals surface area contributed by atoms with Crippen molar-refractivity contribution < 1.29 is 9.53 Å². The van der Waals surface area contributed by atoms with Crippen molar-refractivity contribution in [1.29, 1.82) is 0 Å². The molecule has 33 heavy (non-hydrogen) atoms. The van der Waals surface area contributed by atoms with E-state index in [1.54, 1.807) is 19.4 Å². The van der Waals surface area contributed by atoms with Crippen molar-refractivity contribution in [3.05, 3.63) is 64.9 Å². The van der Waals surface area contributed by atoms with E-state index < -0.39 is 0 Å². The molecule has 1 saturated heterocycles. The molecule has 1 N–H and O–H groups in total. The van der Waals surface area contributed by atoms with E-state index in [0.29, 0.717) is 12.2 Å². The Morgan fingerprint density at radius 2 is 2.00 bits per heavy atom. The predicted molar refractivity (Wildman–Crippen MR) is 126 cm³/mol. The summed E-state index contributed by atoms with van der Waals surface area (Å²) in [5.74, 6) is 2.91. The smallest absolute Gasteiger partial charge is 0.271 e. The SMILES string of the molecule is COc1ccc(CN2CCCc3c(C)nc([C@H]4CCCN(C(=O)c5ccn[nH]5)C4)nc32)cc1. The molecule has 2 aliphatic rings. The zero-order valence-electron chi connectivity index (χ0n) is 19.3. The standard InChI is InChI=1S/C25H30N6O2/c1-17-21-6-4-13-30(15-18-7-9-20(33-2)10-8-18)24(21)28-23(27-17)19-5-3-14-31(16-19)25(32)22-11-12-26-29-22/h7-12,19H,3-6,13-16H2,1-2H3,(H,26,29)/t19-/m0/s1. The average molecular weight is 447 g/mol. The first kappa shape index (κ1) is 21.4. The van der Waals surface area contributed by atoms with E-state index in [-0.39, 0.29) is 11.8 Å². The highest BCUT2D eigenvalue weighted by molar-refractivity contribution is 5.92. The van der Waals surface area contributed by atoms with Gasteiger partial charge in [0.25, 0.3) is 5.91 Å². The number of benzene rings is 1. The molecule has 0 radical (unpaired) electrons. The van der Waals surface area contributed by atoms with Crippen molar-refractivity contribution in [3.8, 4) is 5.75 Å². The summed E-state index contributed by atoms with van der Waals surface area (Å²) in [6.07, 6.45) is 5.66. The molecule has 0 aliphatic carbocycles. The maximum atomic E-state index is 12.8. The normalized spacial score (nSPS) is 18.2. The van der Waals surface area contributed by atoms with Crippen LogP contribution < -0.4 is 9.64 Å². The van der Waals surface area contributed by atoms with Crippen LogP contribution in [-0.4, -0.2) is 57.7 Å². The summed E-state index contributed by atoms with van der Waals surface area (Å²) >= 11 is 0. The number of nitrogens with zero attached hydrogens (tertiary/aromatic N) is 5. The number of fused-ring (bicyclic) bond motifs is 1. The maximum absolute atomic E-state index is 12.8. The van der Waals surface area contributed by atoms with Gasteiger partial charge in [-0.3, -0.25) is 9.89 Å². The van der Waals surface area contributed by atoms with Gasteiger partial charge in [0.05, 0.1) is 7.11 Å². The number of nitrogens with one attached hydrogen (secondary N) is 1. The van der Waals surface area contributed by atoms with Crippen LogP contribution in [0.4, 0.5) is 5.82 Å². The van der Waals surface area contributed by atoms with E-state index >= 15 is 0 Å². The number of hydrogen-bond acceptors (Lipinski definition) is 6. The summed E-state index contributed by atoms with van der Waals surface area (Å²) in [7, 11) is 1.69. The van der Waals surface area contributed by atoms with Gasteiger partial charge in [-0.15, -0.1) is 0 Å². The lowest BCUT2D eigenvalue weighted by atomic mass is 9.95. The summed E-state index contributed by atoms with van der Waals surface area (Å²) in [6.45, 7) is 5.26. The highest BCUT2D eigenvalue weighted by Crippen LogP contribution is 2.32. The maximum Gasteiger partial charge on any atom is 0.271 e. The lowest BCUT2D eigenvalue weighted by Crippen LogP contribution is -2.40. The molecule has 3 aromatic rings.